The molecule has 1 aliphatic carbocycles. The van der Waals surface area contributed by atoms with Gasteiger partial charge in [-0.3, -0.25) is 9.69 Å². The van der Waals surface area contributed by atoms with Crippen molar-refractivity contribution in [1.82, 2.24) is 9.55 Å². The van der Waals surface area contributed by atoms with E-state index in [4.69, 9.17) is 14.5 Å². The molecule has 0 unspecified atom stereocenters. The summed E-state index contributed by atoms with van der Waals surface area (Å²) in [6, 6.07) is 7.49. The Balaban J connectivity index is 1.70. The van der Waals surface area contributed by atoms with Gasteiger partial charge in [0.25, 0.3) is 0 Å². The number of hydrogen-bond acceptors (Lipinski definition) is 6. The standard InChI is InChI=1S/C28H32FN3O6/c1-15-7-8-21-22(31(15)28(36)38-3)9-10-23-24(21)30-26(25(33)17-11-18(29)14-20(13-17)37-2)32(23)19-6-4-5-16(12-19)27(34)35/h9-11,13-16,19,25,33H,4-8,12H2,1-3H3,(H,34,35)/t15-,16+,19+,25-/m0/s1. The predicted molar refractivity (Wildman–Crippen MR) is 138 cm³/mol. The molecule has 1 aliphatic heterocycles. The molecule has 1 amide bonds. The van der Waals surface area contributed by atoms with Gasteiger partial charge in [0, 0.05) is 23.7 Å². The van der Waals surface area contributed by atoms with Gasteiger partial charge in [0.05, 0.1) is 36.9 Å². The summed E-state index contributed by atoms with van der Waals surface area (Å²) >= 11 is 0. The fourth-order valence-corrected chi connectivity index (χ4v) is 6.00. The van der Waals surface area contributed by atoms with E-state index in [1.54, 1.807) is 11.0 Å². The average molecular weight is 526 g/mol. The van der Waals surface area contributed by atoms with E-state index in [0.29, 0.717) is 42.7 Å². The van der Waals surface area contributed by atoms with Crippen molar-refractivity contribution in [2.45, 2.75) is 63.6 Å². The summed E-state index contributed by atoms with van der Waals surface area (Å²) in [5, 5.41) is 21.3. The first kappa shape index (κ1) is 26.0. The van der Waals surface area contributed by atoms with E-state index in [1.165, 1.54) is 26.4 Å². The van der Waals surface area contributed by atoms with Crippen LogP contribution in [0.15, 0.2) is 30.3 Å². The second-order valence-electron chi connectivity index (χ2n) is 10.2. The van der Waals surface area contributed by atoms with Crippen molar-refractivity contribution in [3.63, 3.8) is 0 Å². The third-order valence-corrected chi connectivity index (χ3v) is 7.90. The van der Waals surface area contributed by atoms with E-state index in [-0.39, 0.29) is 23.4 Å². The van der Waals surface area contributed by atoms with Gasteiger partial charge in [-0.2, -0.15) is 0 Å². The molecule has 0 spiro atoms. The Morgan fingerprint density at radius 3 is 2.66 bits per heavy atom. The van der Waals surface area contributed by atoms with E-state index < -0.39 is 29.9 Å². The van der Waals surface area contributed by atoms with Crippen LogP contribution >= 0.6 is 0 Å². The molecule has 2 N–H and O–H groups in total. The summed E-state index contributed by atoms with van der Waals surface area (Å²) in [5.74, 6) is -1.31. The van der Waals surface area contributed by atoms with E-state index in [9.17, 15) is 24.2 Å². The van der Waals surface area contributed by atoms with Crippen LogP contribution in [-0.2, 0) is 16.0 Å². The summed E-state index contributed by atoms with van der Waals surface area (Å²) in [6.07, 6.45) is 2.08. The molecule has 0 bridgehead atoms. The summed E-state index contributed by atoms with van der Waals surface area (Å²) < 4.78 is 26.5. The van der Waals surface area contributed by atoms with Crippen molar-refractivity contribution >= 4 is 28.8 Å². The number of anilines is 1. The van der Waals surface area contributed by atoms with Crippen molar-refractivity contribution < 1.29 is 33.7 Å². The van der Waals surface area contributed by atoms with E-state index >= 15 is 0 Å². The number of carboxylic acid groups (broad SMARTS) is 1. The highest BCUT2D eigenvalue weighted by atomic mass is 19.1. The first-order valence-electron chi connectivity index (χ1n) is 12.9. The lowest BCUT2D eigenvalue weighted by molar-refractivity contribution is -0.143. The quantitative estimate of drug-likeness (QED) is 0.482. The minimum absolute atomic E-state index is 0.0611. The van der Waals surface area contributed by atoms with Crippen molar-refractivity contribution in [2.24, 2.45) is 5.92 Å². The van der Waals surface area contributed by atoms with Gasteiger partial charge in [-0.25, -0.2) is 14.2 Å². The van der Waals surface area contributed by atoms with Gasteiger partial charge in [-0.1, -0.05) is 6.42 Å². The number of aliphatic hydroxyl groups excluding tert-OH is 1. The summed E-state index contributed by atoms with van der Waals surface area (Å²) in [5.41, 5.74) is 3.23. The number of aliphatic hydroxyl groups is 1. The van der Waals surface area contributed by atoms with Crippen LogP contribution in [-0.4, -0.2) is 52.1 Å². The van der Waals surface area contributed by atoms with Crippen LogP contribution in [0.1, 0.15) is 68.1 Å². The highest BCUT2D eigenvalue weighted by Gasteiger charge is 2.35. The molecule has 2 aromatic carbocycles. The number of aliphatic carboxylic acids is 1. The lowest BCUT2D eigenvalue weighted by Crippen LogP contribution is -2.42. The second-order valence-corrected chi connectivity index (χ2v) is 10.2. The minimum Gasteiger partial charge on any atom is -0.497 e. The third kappa shape index (κ3) is 4.47. The summed E-state index contributed by atoms with van der Waals surface area (Å²) in [6.45, 7) is 1.96. The molecule has 38 heavy (non-hydrogen) atoms. The Labute approximate surface area is 219 Å². The maximum absolute atomic E-state index is 14.4. The molecule has 202 valence electrons. The third-order valence-electron chi connectivity index (χ3n) is 7.90. The van der Waals surface area contributed by atoms with Gasteiger partial charge in [0.15, 0.2) is 0 Å². The minimum atomic E-state index is -1.29. The van der Waals surface area contributed by atoms with Crippen LogP contribution in [0.4, 0.5) is 14.9 Å². The van der Waals surface area contributed by atoms with Gasteiger partial charge in [0.2, 0.25) is 0 Å². The molecular weight excluding hydrogens is 493 g/mol. The zero-order valence-corrected chi connectivity index (χ0v) is 21.7. The smallest absolute Gasteiger partial charge is 0.414 e. The summed E-state index contributed by atoms with van der Waals surface area (Å²) in [4.78, 5) is 31.0. The summed E-state index contributed by atoms with van der Waals surface area (Å²) in [7, 11) is 2.77. The number of nitrogens with zero attached hydrogens (tertiary/aromatic N) is 3. The van der Waals surface area contributed by atoms with E-state index in [1.807, 2.05) is 23.6 Å². The van der Waals surface area contributed by atoms with Crippen molar-refractivity contribution in [2.75, 3.05) is 19.1 Å². The van der Waals surface area contributed by atoms with Crippen LogP contribution in [0, 0.1) is 11.7 Å². The van der Waals surface area contributed by atoms with Crippen LogP contribution in [0.3, 0.4) is 0 Å². The van der Waals surface area contributed by atoms with Crippen LogP contribution in [0.2, 0.25) is 0 Å². The van der Waals surface area contributed by atoms with Crippen LogP contribution in [0.25, 0.3) is 11.0 Å². The number of carboxylic acids is 1. The fourth-order valence-electron chi connectivity index (χ4n) is 6.00. The number of rotatable bonds is 5. The van der Waals surface area contributed by atoms with Crippen molar-refractivity contribution in [3.8, 4) is 5.75 Å². The fraction of sp³-hybridized carbons (Fsp3) is 0.464. The number of amides is 1. The SMILES string of the molecule is COC(=O)N1c2ccc3c(nc([C@@H](O)c4cc(F)cc(OC)c4)n3[C@@H]3CCC[C@@H](C(=O)O)C3)c2CC[C@@H]1C. The molecule has 5 rings (SSSR count). The molecular formula is C28H32FN3O6. The van der Waals surface area contributed by atoms with Gasteiger partial charge in [-0.15, -0.1) is 0 Å². The molecule has 2 heterocycles. The van der Waals surface area contributed by atoms with E-state index in [2.05, 4.69) is 0 Å². The number of benzene rings is 2. The first-order valence-corrected chi connectivity index (χ1v) is 12.9. The zero-order valence-electron chi connectivity index (χ0n) is 21.7. The molecule has 4 atom stereocenters. The Kier molecular flexibility index (Phi) is 7.00. The van der Waals surface area contributed by atoms with Gasteiger partial charge < -0.3 is 24.3 Å². The Bertz CT molecular complexity index is 1390. The Morgan fingerprint density at radius 1 is 1.16 bits per heavy atom. The highest BCUT2D eigenvalue weighted by Crippen LogP contribution is 2.42. The number of carbonyl (C=O) groups excluding carboxylic acids is 1. The number of methoxy groups -OCH3 is 2. The molecule has 0 radical (unpaired) electrons. The monoisotopic (exact) mass is 525 g/mol. The van der Waals surface area contributed by atoms with Crippen molar-refractivity contribution in [3.05, 3.63) is 53.1 Å². The van der Waals surface area contributed by atoms with E-state index in [0.717, 1.165) is 23.9 Å². The van der Waals surface area contributed by atoms with Gasteiger partial charge in [-0.05, 0) is 68.9 Å². The molecule has 3 aromatic rings. The number of hydrogen-bond donors (Lipinski definition) is 2. The lowest BCUT2D eigenvalue weighted by Gasteiger charge is -2.34. The van der Waals surface area contributed by atoms with Crippen LogP contribution in [0.5, 0.6) is 5.75 Å². The topological polar surface area (TPSA) is 114 Å². The van der Waals surface area contributed by atoms with Crippen LogP contribution < -0.4 is 9.64 Å². The number of aryl methyl sites for hydroxylation is 1. The molecule has 1 fully saturated rings. The molecule has 10 heteroatoms. The largest absolute Gasteiger partial charge is 0.497 e. The molecule has 1 aromatic heterocycles. The molecule has 9 nitrogen and oxygen atoms in total. The number of ether oxygens (including phenoxy) is 2. The molecule has 2 aliphatic rings. The highest BCUT2D eigenvalue weighted by molar-refractivity contribution is 5.95. The zero-order chi connectivity index (χ0) is 27.1. The average Bonchev–Trinajstić information content (AvgIpc) is 3.31. The lowest BCUT2D eigenvalue weighted by atomic mass is 9.85. The maximum Gasteiger partial charge on any atom is 0.414 e. The normalized spacial score (nSPS) is 22.1. The maximum atomic E-state index is 14.4. The molecule has 1 saturated carbocycles. The number of halogens is 1. The number of fused-ring (bicyclic) bond motifs is 3. The number of aromatic nitrogens is 2. The first-order chi connectivity index (χ1) is 18.2. The van der Waals surface area contributed by atoms with Gasteiger partial charge in [0.1, 0.15) is 23.5 Å². The second kappa shape index (κ2) is 10.2. The van der Waals surface area contributed by atoms with Crippen molar-refractivity contribution in [1.29, 1.82) is 0 Å². The number of imidazole rings is 1. The Hall–Kier alpha value is -3.66. The Morgan fingerprint density at radius 2 is 1.95 bits per heavy atom. The predicted octanol–water partition coefficient (Wildman–Crippen LogP) is 4.99. The molecule has 0 saturated heterocycles. The van der Waals surface area contributed by atoms with Gasteiger partial charge >= 0.3 is 12.1 Å². The number of carbonyl (C=O) groups is 2.